The lowest BCUT2D eigenvalue weighted by Crippen LogP contribution is -2.37. The number of hydrogen-bond donors (Lipinski definition) is 2. The Hall–Kier alpha value is -1.71. The van der Waals surface area contributed by atoms with Gasteiger partial charge in [-0.2, -0.15) is 0 Å². The van der Waals surface area contributed by atoms with E-state index in [-0.39, 0.29) is 5.56 Å². The molecule has 0 aromatic heterocycles. The van der Waals surface area contributed by atoms with E-state index in [0.29, 0.717) is 17.1 Å². The summed E-state index contributed by atoms with van der Waals surface area (Å²) < 4.78 is 0. The van der Waals surface area contributed by atoms with Gasteiger partial charge in [0.1, 0.15) is 0 Å². The first-order valence-corrected chi connectivity index (χ1v) is 7.16. The lowest BCUT2D eigenvalue weighted by Gasteiger charge is -2.40. The number of carboxylic acids is 1. The van der Waals surface area contributed by atoms with E-state index in [9.17, 15) is 4.79 Å². The third kappa shape index (κ3) is 3.06. The highest BCUT2D eigenvalue weighted by Crippen LogP contribution is 2.38. The average Bonchev–Trinajstić information content (AvgIpc) is 2.38. The zero-order valence-corrected chi connectivity index (χ0v) is 12.5. The maximum absolute atomic E-state index is 11.1. The number of nitrogens with zero attached hydrogens (tertiary/aromatic N) is 1. The van der Waals surface area contributed by atoms with Gasteiger partial charge in [-0.3, -0.25) is 0 Å². The zero-order valence-electron chi connectivity index (χ0n) is 12.5. The maximum Gasteiger partial charge on any atom is 0.335 e. The van der Waals surface area contributed by atoms with Crippen LogP contribution in [0.5, 0.6) is 0 Å². The Morgan fingerprint density at radius 1 is 1.35 bits per heavy atom. The van der Waals surface area contributed by atoms with Crippen LogP contribution in [0, 0.1) is 5.41 Å². The van der Waals surface area contributed by atoms with Crippen LogP contribution in [0.1, 0.15) is 49.9 Å². The molecule has 1 aliphatic carbocycles. The number of rotatable bonds is 3. The lowest BCUT2D eigenvalue weighted by molar-refractivity contribution is 0.0697. The minimum absolute atomic E-state index is 0.289. The van der Waals surface area contributed by atoms with E-state index in [1.165, 1.54) is 12.8 Å². The Morgan fingerprint density at radius 3 is 2.50 bits per heavy atom. The number of carboxylic acid groups (broad SMARTS) is 1. The fraction of sp³-hybridized carbons (Fsp3) is 0.562. The standard InChI is InChI=1S/C16H24N2O2/c1-16(2)8-6-12(7-9-16)18(3)14-10-11(15(19)20)4-5-13(14)17/h4-5,10,12H,6-9,17H2,1-3H3,(H,19,20). The van der Waals surface area contributed by atoms with Crippen LogP contribution in [0.4, 0.5) is 11.4 Å². The van der Waals surface area contributed by atoms with Gasteiger partial charge in [-0.15, -0.1) is 0 Å². The van der Waals surface area contributed by atoms with Gasteiger partial charge in [0.05, 0.1) is 16.9 Å². The summed E-state index contributed by atoms with van der Waals surface area (Å²) in [6.07, 6.45) is 4.64. The van der Waals surface area contributed by atoms with Crippen LogP contribution in [0.2, 0.25) is 0 Å². The molecule has 0 spiro atoms. The monoisotopic (exact) mass is 276 g/mol. The quantitative estimate of drug-likeness (QED) is 0.831. The van der Waals surface area contributed by atoms with E-state index in [0.717, 1.165) is 18.5 Å². The largest absolute Gasteiger partial charge is 0.478 e. The second-order valence-electron chi connectivity index (χ2n) is 6.59. The molecule has 0 heterocycles. The number of anilines is 2. The van der Waals surface area contributed by atoms with Crippen molar-refractivity contribution < 1.29 is 9.90 Å². The fourth-order valence-corrected chi connectivity index (χ4v) is 2.95. The van der Waals surface area contributed by atoms with E-state index in [2.05, 4.69) is 18.7 Å². The predicted molar refractivity (Wildman–Crippen MR) is 82.3 cm³/mol. The van der Waals surface area contributed by atoms with Crippen LogP contribution in [0.15, 0.2) is 18.2 Å². The molecule has 4 nitrogen and oxygen atoms in total. The van der Waals surface area contributed by atoms with Gasteiger partial charge in [0, 0.05) is 13.1 Å². The molecule has 0 amide bonds. The molecule has 3 N–H and O–H groups in total. The number of aromatic carboxylic acids is 1. The molecule has 0 saturated heterocycles. The molecule has 2 rings (SSSR count). The van der Waals surface area contributed by atoms with Crippen LogP contribution in [-0.4, -0.2) is 24.2 Å². The van der Waals surface area contributed by atoms with Crippen LogP contribution in [0.3, 0.4) is 0 Å². The number of hydrogen-bond acceptors (Lipinski definition) is 3. The average molecular weight is 276 g/mol. The Balaban J connectivity index is 2.19. The van der Waals surface area contributed by atoms with Gasteiger partial charge in [0.2, 0.25) is 0 Å². The highest BCUT2D eigenvalue weighted by molar-refractivity contribution is 5.90. The first kappa shape index (κ1) is 14.7. The second kappa shape index (κ2) is 5.35. The summed E-state index contributed by atoms with van der Waals surface area (Å²) in [6.45, 7) is 4.62. The number of nitrogens with two attached hydrogens (primary N) is 1. The Labute approximate surface area is 120 Å². The predicted octanol–water partition coefficient (Wildman–Crippen LogP) is 3.37. The van der Waals surface area contributed by atoms with E-state index in [1.807, 2.05) is 7.05 Å². The molecule has 0 radical (unpaired) electrons. The Bertz CT molecular complexity index is 501. The van der Waals surface area contributed by atoms with Crippen molar-refractivity contribution in [2.24, 2.45) is 5.41 Å². The fourth-order valence-electron chi connectivity index (χ4n) is 2.95. The molecule has 1 aromatic rings. The van der Waals surface area contributed by atoms with Crippen molar-refractivity contribution in [2.45, 2.75) is 45.6 Å². The molecular weight excluding hydrogens is 252 g/mol. The van der Waals surface area contributed by atoms with Crippen molar-refractivity contribution >= 4 is 17.3 Å². The molecule has 0 unspecified atom stereocenters. The number of nitrogen functional groups attached to an aromatic ring is 1. The second-order valence-corrected chi connectivity index (χ2v) is 6.59. The third-order valence-corrected chi connectivity index (χ3v) is 4.51. The first-order valence-electron chi connectivity index (χ1n) is 7.16. The molecule has 20 heavy (non-hydrogen) atoms. The van der Waals surface area contributed by atoms with Crippen LogP contribution in [0.25, 0.3) is 0 Å². The van der Waals surface area contributed by atoms with Crippen molar-refractivity contribution in [3.63, 3.8) is 0 Å². The lowest BCUT2D eigenvalue weighted by atomic mass is 9.75. The summed E-state index contributed by atoms with van der Waals surface area (Å²) in [5.74, 6) is -0.913. The third-order valence-electron chi connectivity index (χ3n) is 4.51. The highest BCUT2D eigenvalue weighted by atomic mass is 16.4. The normalized spacial score (nSPS) is 18.8. The summed E-state index contributed by atoms with van der Waals surface area (Å²) in [5.41, 5.74) is 8.20. The SMILES string of the molecule is CN(c1cc(C(=O)O)ccc1N)C1CCC(C)(C)CC1. The summed E-state index contributed by atoms with van der Waals surface area (Å²) in [6, 6.07) is 5.35. The number of benzene rings is 1. The van der Waals surface area contributed by atoms with E-state index < -0.39 is 5.97 Å². The van der Waals surface area contributed by atoms with Crippen LogP contribution in [-0.2, 0) is 0 Å². The Morgan fingerprint density at radius 2 is 1.95 bits per heavy atom. The molecule has 0 aliphatic heterocycles. The number of carbonyl (C=O) groups is 1. The van der Waals surface area contributed by atoms with E-state index >= 15 is 0 Å². The van der Waals surface area contributed by atoms with E-state index in [1.54, 1.807) is 18.2 Å². The van der Waals surface area contributed by atoms with Gasteiger partial charge in [0.25, 0.3) is 0 Å². The molecule has 0 bridgehead atoms. The summed E-state index contributed by atoms with van der Waals surface area (Å²) in [4.78, 5) is 13.2. The summed E-state index contributed by atoms with van der Waals surface area (Å²) in [7, 11) is 2.01. The summed E-state index contributed by atoms with van der Waals surface area (Å²) >= 11 is 0. The molecule has 4 heteroatoms. The Kier molecular flexibility index (Phi) is 3.93. The minimum Gasteiger partial charge on any atom is -0.478 e. The van der Waals surface area contributed by atoms with Crippen molar-refractivity contribution in [2.75, 3.05) is 17.7 Å². The molecule has 110 valence electrons. The molecule has 1 aliphatic rings. The molecule has 1 fully saturated rings. The zero-order chi connectivity index (χ0) is 14.9. The van der Waals surface area contributed by atoms with Gasteiger partial charge < -0.3 is 15.7 Å². The van der Waals surface area contributed by atoms with Crippen LogP contribution >= 0.6 is 0 Å². The molecule has 1 aromatic carbocycles. The van der Waals surface area contributed by atoms with Gasteiger partial charge in [-0.1, -0.05) is 13.8 Å². The van der Waals surface area contributed by atoms with E-state index in [4.69, 9.17) is 10.8 Å². The van der Waals surface area contributed by atoms with Crippen molar-refractivity contribution in [3.05, 3.63) is 23.8 Å². The smallest absolute Gasteiger partial charge is 0.335 e. The van der Waals surface area contributed by atoms with Crippen molar-refractivity contribution in [3.8, 4) is 0 Å². The molecule has 0 atom stereocenters. The van der Waals surface area contributed by atoms with Crippen molar-refractivity contribution in [1.29, 1.82) is 0 Å². The summed E-state index contributed by atoms with van der Waals surface area (Å²) in [5, 5.41) is 9.10. The van der Waals surface area contributed by atoms with Gasteiger partial charge >= 0.3 is 5.97 Å². The van der Waals surface area contributed by atoms with Crippen LogP contribution < -0.4 is 10.6 Å². The minimum atomic E-state index is -0.913. The van der Waals surface area contributed by atoms with Crippen molar-refractivity contribution in [1.82, 2.24) is 0 Å². The first-order chi connectivity index (χ1) is 9.30. The topological polar surface area (TPSA) is 66.6 Å². The maximum atomic E-state index is 11.1. The van der Waals surface area contributed by atoms with Gasteiger partial charge in [-0.25, -0.2) is 4.79 Å². The van der Waals surface area contributed by atoms with Gasteiger partial charge in [0.15, 0.2) is 0 Å². The molecular formula is C16H24N2O2. The van der Waals surface area contributed by atoms with Gasteiger partial charge in [-0.05, 0) is 49.3 Å². The highest BCUT2D eigenvalue weighted by Gasteiger charge is 2.29. The molecule has 1 saturated carbocycles.